The van der Waals surface area contributed by atoms with E-state index in [0.717, 1.165) is 39.2 Å². The molecule has 0 radical (unpaired) electrons. The minimum absolute atomic E-state index is 0.670. The van der Waals surface area contributed by atoms with E-state index in [4.69, 9.17) is 9.97 Å². The molecule has 12 rings (SSSR count). The third-order valence-electron chi connectivity index (χ3n) is 12.0. The molecule has 1 aliphatic heterocycles. The first-order chi connectivity index (χ1) is 28.3. The topological polar surface area (TPSA) is 35.6 Å². The molecule has 4 heterocycles. The first kappa shape index (κ1) is 32.0. The fraction of sp³-hybridized carbons (Fsp3) is 0. The zero-order chi connectivity index (χ0) is 37.5. The summed E-state index contributed by atoms with van der Waals surface area (Å²) in [6.07, 6.45) is 0. The summed E-state index contributed by atoms with van der Waals surface area (Å²) in [6, 6.07) is 74.7. The van der Waals surface area contributed by atoms with Gasteiger partial charge in [0.15, 0.2) is 8.07 Å². The van der Waals surface area contributed by atoms with Crippen molar-refractivity contribution in [1.82, 2.24) is 19.1 Å². The Morgan fingerprint density at radius 1 is 0.386 bits per heavy atom. The van der Waals surface area contributed by atoms with E-state index < -0.39 is 8.07 Å². The van der Waals surface area contributed by atoms with E-state index in [-0.39, 0.29) is 0 Å². The lowest BCUT2D eigenvalue weighted by Crippen LogP contribution is -2.73. The van der Waals surface area contributed by atoms with Crippen LogP contribution in [-0.4, -0.2) is 27.2 Å². The van der Waals surface area contributed by atoms with Gasteiger partial charge in [-0.3, -0.25) is 4.57 Å². The van der Waals surface area contributed by atoms with Gasteiger partial charge in [-0.25, -0.2) is 9.97 Å². The molecule has 0 bridgehead atoms. The Bertz CT molecular complexity index is 3290. The highest BCUT2D eigenvalue weighted by atomic mass is 28.3. The number of benzene rings is 8. The largest absolute Gasteiger partial charge is 0.309 e. The molecule has 0 saturated heterocycles. The van der Waals surface area contributed by atoms with Crippen molar-refractivity contribution in [2.75, 3.05) is 0 Å². The van der Waals surface area contributed by atoms with E-state index in [2.05, 4.69) is 215 Å². The van der Waals surface area contributed by atoms with Crippen molar-refractivity contribution in [2.45, 2.75) is 0 Å². The monoisotopic (exact) mass is 742 g/mol. The lowest BCUT2D eigenvalue weighted by molar-refractivity contribution is 1.00. The highest BCUT2D eigenvalue weighted by Gasteiger charge is 2.51. The van der Waals surface area contributed by atoms with Crippen molar-refractivity contribution in [2.24, 2.45) is 0 Å². The molecule has 266 valence electrons. The number of para-hydroxylation sites is 3. The predicted octanol–water partition coefficient (Wildman–Crippen LogP) is 9.70. The third-order valence-corrected chi connectivity index (χ3v) is 16.9. The van der Waals surface area contributed by atoms with E-state index in [1.165, 1.54) is 53.4 Å². The van der Waals surface area contributed by atoms with Gasteiger partial charge < -0.3 is 4.57 Å². The molecule has 5 heteroatoms. The third kappa shape index (κ3) is 4.43. The highest BCUT2D eigenvalue weighted by molar-refractivity contribution is 7.22. The molecule has 0 unspecified atom stereocenters. The van der Waals surface area contributed by atoms with E-state index in [9.17, 15) is 0 Å². The Morgan fingerprint density at radius 3 is 1.63 bits per heavy atom. The number of fused-ring (bicyclic) bond motifs is 10. The number of aromatic nitrogens is 4. The van der Waals surface area contributed by atoms with Gasteiger partial charge >= 0.3 is 0 Å². The minimum Gasteiger partial charge on any atom is -0.309 e. The van der Waals surface area contributed by atoms with Gasteiger partial charge in [-0.1, -0.05) is 176 Å². The molecule has 0 fully saturated rings. The molecule has 0 aliphatic carbocycles. The second-order valence-electron chi connectivity index (χ2n) is 14.9. The molecule has 11 aromatic rings. The van der Waals surface area contributed by atoms with Gasteiger partial charge in [0.05, 0.1) is 33.5 Å². The van der Waals surface area contributed by atoms with Crippen molar-refractivity contribution in [3.63, 3.8) is 0 Å². The van der Waals surface area contributed by atoms with Gasteiger partial charge in [-0.2, -0.15) is 0 Å². The van der Waals surface area contributed by atoms with Gasteiger partial charge in [-0.15, -0.1) is 0 Å². The van der Waals surface area contributed by atoms with Crippen molar-refractivity contribution < 1.29 is 0 Å². The van der Waals surface area contributed by atoms with Crippen LogP contribution in [0.15, 0.2) is 206 Å². The number of rotatable bonds is 5. The van der Waals surface area contributed by atoms with E-state index in [0.29, 0.717) is 5.95 Å². The van der Waals surface area contributed by atoms with Gasteiger partial charge in [0.1, 0.15) is 0 Å². The van der Waals surface area contributed by atoms with Gasteiger partial charge in [0.2, 0.25) is 5.95 Å². The van der Waals surface area contributed by atoms with Crippen molar-refractivity contribution >= 4 is 72.4 Å². The summed E-state index contributed by atoms with van der Waals surface area (Å²) in [7, 11) is -2.92. The zero-order valence-corrected chi connectivity index (χ0v) is 31.9. The summed E-state index contributed by atoms with van der Waals surface area (Å²) >= 11 is 0. The summed E-state index contributed by atoms with van der Waals surface area (Å²) in [5.41, 5.74) is 9.89. The molecule has 1 aliphatic rings. The highest BCUT2D eigenvalue weighted by Crippen LogP contribution is 2.42. The maximum atomic E-state index is 5.82. The molecule has 0 N–H and O–H groups in total. The van der Waals surface area contributed by atoms with Crippen LogP contribution in [0.1, 0.15) is 0 Å². The Balaban J connectivity index is 1.27. The van der Waals surface area contributed by atoms with Crippen LogP contribution in [0.25, 0.3) is 77.8 Å². The van der Waals surface area contributed by atoms with Gasteiger partial charge in [-0.05, 0) is 45.9 Å². The number of nitrogens with zero attached hydrogens (tertiary/aromatic N) is 4. The first-order valence-electron chi connectivity index (χ1n) is 19.5. The van der Waals surface area contributed by atoms with Crippen LogP contribution in [0, 0.1) is 0 Å². The molecule has 0 amide bonds. The molecule has 3 aromatic heterocycles. The molecule has 57 heavy (non-hydrogen) atoms. The maximum Gasteiger partial charge on any atom is 0.235 e. The average Bonchev–Trinajstić information content (AvgIpc) is 3.92. The van der Waals surface area contributed by atoms with Crippen molar-refractivity contribution in [3.05, 3.63) is 206 Å². The fourth-order valence-corrected chi connectivity index (χ4v) is 15.0. The number of hydrogen-bond acceptors (Lipinski definition) is 2. The van der Waals surface area contributed by atoms with E-state index >= 15 is 0 Å². The molecular formula is C52H34N4Si. The maximum absolute atomic E-state index is 5.82. The number of hydrogen-bond donors (Lipinski definition) is 0. The summed E-state index contributed by atoms with van der Waals surface area (Å²) in [6.45, 7) is 0. The van der Waals surface area contributed by atoms with Crippen LogP contribution >= 0.6 is 0 Å². The van der Waals surface area contributed by atoms with E-state index in [1.807, 2.05) is 0 Å². The van der Waals surface area contributed by atoms with Crippen LogP contribution < -0.4 is 20.7 Å². The molecular weight excluding hydrogens is 709 g/mol. The van der Waals surface area contributed by atoms with E-state index in [1.54, 1.807) is 0 Å². The van der Waals surface area contributed by atoms with Crippen molar-refractivity contribution in [3.8, 4) is 34.2 Å². The van der Waals surface area contributed by atoms with Crippen LogP contribution in [0.4, 0.5) is 0 Å². The summed E-state index contributed by atoms with van der Waals surface area (Å²) in [5.74, 6) is 0.670. The Hall–Kier alpha value is -7.34. The molecule has 4 nitrogen and oxygen atoms in total. The quantitative estimate of drug-likeness (QED) is 0.165. The van der Waals surface area contributed by atoms with Crippen LogP contribution in [-0.2, 0) is 0 Å². The second-order valence-corrected chi connectivity index (χ2v) is 18.6. The summed E-state index contributed by atoms with van der Waals surface area (Å²) in [4.78, 5) is 11.6. The molecule has 0 spiro atoms. The average molecular weight is 743 g/mol. The zero-order valence-electron chi connectivity index (χ0n) is 30.9. The lowest BCUT2D eigenvalue weighted by Gasteiger charge is -2.32. The Labute approximate surface area is 330 Å². The predicted molar refractivity (Wildman–Crippen MR) is 239 cm³/mol. The Morgan fingerprint density at radius 2 is 0.930 bits per heavy atom. The van der Waals surface area contributed by atoms with Crippen LogP contribution in [0.2, 0.25) is 0 Å². The van der Waals surface area contributed by atoms with Crippen LogP contribution in [0.5, 0.6) is 0 Å². The summed E-state index contributed by atoms with van der Waals surface area (Å²) < 4.78 is 4.73. The van der Waals surface area contributed by atoms with Crippen molar-refractivity contribution in [1.29, 1.82) is 0 Å². The van der Waals surface area contributed by atoms with Gasteiger partial charge in [0, 0.05) is 43.5 Å². The first-order valence-corrected chi connectivity index (χ1v) is 21.5. The molecule has 0 atom stereocenters. The SMILES string of the molecule is c1ccc(-c2nc(-n3c4ccccc4c4ccc5c(c6ccccc6n5-c5ccccc5)c43)nc3c2[Si](c2ccccc2)(c2ccccc2)c2ccccc2-3)cc1. The summed E-state index contributed by atoms with van der Waals surface area (Å²) in [5, 5.41) is 9.96. The van der Waals surface area contributed by atoms with Gasteiger partial charge in [0.25, 0.3) is 0 Å². The fourth-order valence-electron chi connectivity index (χ4n) is 9.77. The molecule has 8 aromatic carbocycles. The second kappa shape index (κ2) is 12.3. The lowest BCUT2D eigenvalue weighted by atomic mass is 10.1. The minimum atomic E-state index is -2.92. The standard InChI is InChI=1S/C52H34N4Si/c1-5-19-35(20-6-1)48-51-49(42-29-15-18-32-46(42)57(51,37-23-9-3-10-24-37)38-25-11-4-12-26-38)54-52(53-48)56-43-30-16-13-27-39(43)40-33-34-45-47(50(40)56)41-28-14-17-31-44(41)55(45)36-21-7-2-8-22-36/h1-34H. The normalized spacial score (nSPS) is 13.1. The van der Waals surface area contributed by atoms with Crippen LogP contribution in [0.3, 0.4) is 0 Å². The molecule has 0 saturated carbocycles. The smallest absolute Gasteiger partial charge is 0.235 e. The Kier molecular flexibility index (Phi) is 6.91.